The first-order valence-corrected chi connectivity index (χ1v) is 7.36. The van der Waals surface area contributed by atoms with Crippen LogP contribution in [0.4, 0.5) is 0 Å². The Morgan fingerprint density at radius 3 is 2.18 bits per heavy atom. The fourth-order valence-electron chi connectivity index (χ4n) is 1.21. The summed E-state index contributed by atoms with van der Waals surface area (Å²) >= 11 is 0. The van der Waals surface area contributed by atoms with E-state index >= 15 is 0 Å². The van der Waals surface area contributed by atoms with Gasteiger partial charge < -0.3 is 9.64 Å². The molecule has 0 radical (unpaired) electrons. The molecule has 0 aromatic rings. The van der Waals surface area contributed by atoms with Gasteiger partial charge in [0.1, 0.15) is 12.3 Å². The fourth-order valence-corrected chi connectivity index (χ4v) is 1.83. The lowest BCUT2D eigenvalue weighted by Gasteiger charge is -2.25. The van der Waals surface area contributed by atoms with Crippen molar-refractivity contribution >= 4 is 21.7 Å². The minimum atomic E-state index is -3.39. The summed E-state index contributed by atoms with van der Waals surface area (Å²) in [6.07, 6.45) is 0.980. The lowest BCUT2D eigenvalue weighted by Crippen LogP contribution is -2.43. The van der Waals surface area contributed by atoms with E-state index in [9.17, 15) is 18.0 Å². The van der Waals surface area contributed by atoms with E-state index in [2.05, 4.69) is 0 Å². The molecule has 0 heterocycles. The van der Waals surface area contributed by atoms with Gasteiger partial charge in [-0.1, -0.05) is 0 Å². The van der Waals surface area contributed by atoms with Crippen LogP contribution in [0.1, 0.15) is 20.8 Å². The summed E-state index contributed by atoms with van der Waals surface area (Å²) in [6, 6.07) is -0.256. The maximum absolute atomic E-state index is 11.7. The van der Waals surface area contributed by atoms with E-state index in [0.717, 1.165) is 6.26 Å². The van der Waals surface area contributed by atoms with Gasteiger partial charge in [-0.15, -0.1) is 0 Å². The molecule has 0 aliphatic rings. The molecular weight excluding hydrogens is 246 g/mol. The Morgan fingerprint density at radius 2 is 1.82 bits per heavy atom. The second kappa shape index (κ2) is 6.58. The highest BCUT2D eigenvalue weighted by Crippen LogP contribution is 2.02. The highest BCUT2D eigenvalue weighted by Gasteiger charge is 2.23. The molecule has 0 rings (SSSR count). The number of amides is 1. The second-order valence-electron chi connectivity index (χ2n) is 3.99. The van der Waals surface area contributed by atoms with Gasteiger partial charge in [0.05, 0.1) is 6.61 Å². The molecule has 0 atom stereocenters. The van der Waals surface area contributed by atoms with Gasteiger partial charge in [0.25, 0.3) is 0 Å². The van der Waals surface area contributed by atoms with Crippen LogP contribution in [0.25, 0.3) is 0 Å². The summed E-state index contributed by atoms with van der Waals surface area (Å²) in [7, 11) is -3.39. The number of sulfone groups is 1. The van der Waals surface area contributed by atoms with Gasteiger partial charge in [0, 0.05) is 12.3 Å². The van der Waals surface area contributed by atoms with Gasteiger partial charge in [-0.05, 0) is 20.8 Å². The van der Waals surface area contributed by atoms with Crippen molar-refractivity contribution in [2.45, 2.75) is 26.8 Å². The first kappa shape index (κ1) is 15.9. The predicted octanol–water partition coefficient (Wildman–Crippen LogP) is -0.169. The Kier molecular flexibility index (Phi) is 6.15. The van der Waals surface area contributed by atoms with Gasteiger partial charge >= 0.3 is 5.97 Å². The van der Waals surface area contributed by atoms with E-state index in [1.807, 2.05) is 0 Å². The standard InChI is InChI=1S/C10H19NO5S/c1-5-16-10(13)6-11(8(2)3)9(12)7-17(4,14)15/h8H,5-7H2,1-4H3. The quantitative estimate of drug-likeness (QED) is 0.623. The monoisotopic (exact) mass is 265 g/mol. The molecule has 0 saturated heterocycles. The molecule has 0 unspecified atom stereocenters. The fraction of sp³-hybridized carbons (Fsp3) is 0.800. The molecule has 6 nitrogen and oxygen atoms in total. The molecule has 17 heavy (non-hydrogen) atoms. The van der Waals surface area contributed by atoms with Crippen LogP contribution in [0.2, 0.25) is 0 Å². The summed E-state index contributed by atoms with van der Waals surface area (Å²) < 4.78 is 26.8. The van der Waals surface area contributed by atoms with Gasteiger partial charge in [-0.2, -0.15) is 0 Å². The molecule has 0 aliphatic carbocycles. The lowest BCUT2D eigenvalue weighted by atomic mass is 10.3. The summed E-state index contributed by atoms with van der Waals surface area (Å²) in [5.41, 5.74) is 0. The van der Waals surface area contributed by atoms with E-state index in [4.69, 9.17) is 4.74 Å². The third kappa shape index (κ3) is 6.93. The van der Waals surface area contributed by atoms with Crippen LogP contribution in [0, 0.1) is 0 Å². The van der Waals surface area contributed by atoms with Crippen LogP contribution in [-0.2, 0) is 24.2 Å². The first-order valence-electron chi connectivity index (χ1n) is 5.30. The molecule has 0 aromatic carbocycles. The van der Waals surface area contributed by atoms with Gasteiger partial charge in [0.15, 0.2) is 9.84 Å². The molecule has 0 N–H and O–H groups in total. The number of carbonyl (C=O) groups is 2. The average Bonchev–Trinajstić information content (AvgIpc) is 2.11. The molecular formula is C10H19NO5S. The second-order valence-corrected chi connectivity index (χ2v) is 6.13. The summed E-state index contributed by atoms with van der Waals surface area (Å²) in [5, 5.41) is 0. The number of ether oxygens (including phenoxy) is 1. The zero-order valence-corrected chi connectivity index (χ0v) is 11.4. The summed E-state index contributed by atoms with van der Waals surface area (Å²) in [6.45, 7) is 5.08. The van der Waals surface area contributed by atoms with Crippen LogP contribution in [-0.4, -0.2) is 56.4 Å². The van der Waals surface area contributed by atoms with Crippen LogP contribution < -0.4 is 0 Å². The molecule has 0 aromatic heterocycles. The van der Waals surface area contributed by atoms with Crippen molar-refractivity contribution < 1.29 is 22.7 Å². The topological polar surface area (TPSA) is 80.8 Å². The van der Waals surface area contributed by atoms with E-state index < -0.39 is 27.5 Å². The number of hydrogen-bond donors (Lipinski definition) is 0. The Bertz CT molecular complexity index is 374. The van der Waals surface area contributed by atoms with Gasteiger partial charge in [-0.25, -0.2) is 8.42 Å². The molecule has 0 spiro atoms. The van der Waals surface area contributed by atoms with Crippen molar-refractivity contribution in [2.24, 2.45) is 0 Å². The minimum absolute atomic E-state index is 0.222. The van der Waals surface area contributed by atoms with Crippen molar-refractivity contribution in [3.63, 3.8) is 0 Å². The lowest BCUT2D eigenvalue weighted by molar-refractivity contribution is -0.149. The first-order chi connectivity index (χ1) is 7.67. The van der Waals surface area contributed by atoms with E-state index in [1.165, 1.54) is 4.90 Å². The highest BCUT2D eigenvalue weighted by atomic mass is 32.2. The van der Waals surface area contributed by atoms with Crippen LogP contribution in [0.15, 0.2) is 0 Å². The molecule has 0 bridgehead atoms. The predicted molar refractivity (Wildman–Crippen MR) is 63.2 cm³/mol. The SMILES string of the molecule is CCOC(=O)CN(C(=O)CS(C)(=O)=O)C(C)C. The summed E-state index contributed by atoms with van der Waals surface area (Å²) in [4.78, 5) is 24.1. The zero-order chi connectivity index (χ0) is 13.6. The third-order valence-corrected chi connectivity index (χ3v) is 2.71. The van der Waals surface area contributed by atoms with Crippen molar-refractivity contribution in [1.29, 1.82) is 0 Å². The Hall–Kier alpha value is -1.11. The number of nitrogens with zero attached hydrogens (tertiary/aromatic N) is 1. The molecule has 100 valence electrons. The van der Waals surface area contributed by atoms with Crippen molar-refractivity contribution in [1.82, 2.24) is 4.90 Å². The van der Waals surface area contributed by atoms with Crippen molar-refractivity contribution in [3.8, 4) is 0 Å². The molecule has 0 saturated carbocycles. The van der Waals surface area contributed by atoms with E-state index in [0.29, 0.717) is 0 Å². The largest absolute Gasteiger partial charge is 0.465 e. The minimum Gasteiger partial charge on any atom is -0.465 e. The highest BCUT2D eigenvalue weighted by molar-refractivity contribution is 7.91. The van der Waals surface area contributed by atoms with Gasteiger partial charge in [0.2, 0.25) is 5.91 Å². The molecule has 0 fully saturated rings. The smallest absolute Gasteiger partial charge is 0.325 e. The van der Waals surface area contributed by atoms with Crippen molar-refractivity contribution in [3.05, 3.63) is 0 Å². The van der Waals surface area contributed by atoms with Crippen LogP contribution in [0.5, 0.6) is 0 Å². The molecule has 0 aliphatic heterocycles. The normalized spacial score (nSPS) is 11.4. The molecule has 1 amide bonds. The van der Waals surface area contributed by atoms with Crippen LogP contribution in [0.3, 0.4) is 0 Å². The molecule has 7 heteroatoms. The van der Waals surface area contributed by atoms with E-state index in [1.54, 1.807) is 20.8 Å². The Balaban J connectivity index is 4.64. The number of esters is 1. The third-order valence-electron chi connectivity index (χ3n) is 1.93. The Morgan fingerprint density at radius 1 is 1.29 bits per heavy atom. The maximum atomic E-state index is 11.7. The maximum Gasteiger partial charge on any atom is 0.325 e. The van der Waals surface area contributed by atoms with Crippen LogP contribution >= 0.6 is 0 Å². The van der Waals surface area contributed by atoms with Gasteiger partial charge in [-0.3, -0.25) is 9.59 Å². The average molecular weight is 265 g/mol. The van der Waals surface area contributed by atoms with Crippen molar-refractivity contribution in [2.75, 3.05) is 25.2 Å². The van der Waals surface area contributed by atoms with E-state index in [-0.39, 0.29) is 19.2 Å². The Labute approximate surface area is 102 Å². The number of carbonyl (C=O) groups excluding carboxylic acids is 2. The number of hydrogen-bond acceptors (Lipinski definition) is 5. The zero-order valence-electron chi connectivity index (χ0n) is 10.6. The summed E-state index contributed by atoms with van der Waals surface area (Å²) in [5.74, 6) is -1.72. The number of rotatable bonds is 6.